The molecule has 2 N–H and O–H groups in total. The van der Waals surface area contributed by atoms with Crippen LogP contribution in [0.15, 0.2) is 34.4 Å². The van der Waals surface area contributed by atoms with E-state index in [0.717, 1.165) is 12.2 Å². The highest BCUT2D eigenvalue weighted by Crippen LogP contribution is 2.19. The molecule has 1 aliphatic heterocycles. The SMILES string of the molecule is CC(=C/C1=C(/C=C(C)C(=O)O)C(=O)OC(C)COC1=O)C(=O)O. The molecular formula is C15H16O8. The number of hydrogen-bond acceptors (Lipinski definition) is 6. The lowest BCUT2D eigenvalue weighted by Crippen LogP contribution is -2.28. The molecule has 8 heteroatoms. The molecule has 0 aromatic carbocycles. The van der Waals surface area contributed by atoms with Gasteiger partial charge in [0.25, 0.3) is 0 Å². The zero-order valence-electron chi connectivity index (χ0n) is 12.8. The van der Waals surface area contributed by atoms with Crippen molar-refractivity contribution in [1.82, 2.24) is 0 Å². The molecule has 0 radical (unpaired) electrons. The van der Waals surface area contributed by atoms with Gasteiger partial charge in [-0.15, -0.1) is 0 Å². The zero-order chi connectivity index (χ0) is 17.7. The first kappa shape index (κ1) is 18.1. The topological polar surface area (TPSA) is 127 Å². The van der Waals surface area contributed by atoms with Gasteiger partial charge in [0, 0.05) is 11.1 Å². The molecule has 0 saturated heterocycles. The fourth-order valence-electron chi connectivity index (χ4n) is 1.60. The Morgan fingerprint density at radius 2 is 1.43 bits per heavy atom. The van der Waals surface area contributed by atoms with E-state index in [1.165, 1.54) is 20.8 Å². The largest absolute Gasteiger partial charge is 0.478 e. The van der Waals surface area contributed by atoms with Crippen molar-refractivity contribution in [2.45, 2.75) is 26.9 Å². The smallest absolute Gasteiger partial charge is 0.339 e. The average molecular weight is 324 g/mol. The molecule has 0 aliphatic carbocycles. The predicted octanol–water partition coefficient (Wildman–Crippen LogP) is 0.833. The van der Waals surface area contributed by atoms with Crippen molar-refractivity contribution < 1.29 is 38.9 Å². The van der Waals surface area contributed by atoms with Gasteiger partial charge in [0.05, 0.1) is 11.1 Å². The molecule has 8 nitrogen and oxygen atoms in total. The lowest BCUT2D eigenvalue weighted by molar-refractivity contribution is -0.155. The van der Waals surface area contributed by atoms with Gasteiger partial charge in [0.15, 0.2) is 0 Å². The van der Waals surface area contributed by atoms with Crippen LogP contribution in [0.5, 0.6) is 0 Å². The molecule has 124 valence electrons. The summed E-state index contributed by atoms with van der Waals surface area (Å²) >= 11 is 0. The molecule has 0 saturated carbocycles. The number of cyclic esters (lactones) is 2. The number of ether oxygens (including phenoxy) is 2. The first-order valence-corrected chi connectivity index (χ1v) is 6.59. The highest BCUT2D eigenvalue weighted by Gasteiger charge is 2.27. The number of esters is 2. The van der Waals surface area contributed by atoms with Crippen LogP contribution in [0.1, 0.15) is 20.8 Å². The van der Waals surface area contributed by atoms with Gasteiger partial charge >= 0.3 is 23.9 Å². The monoisotopic (exact) mass is 324 g/mol. The highest BCUT2D eigenvalue weighted by atomic mass is 16.6. The first-order valence-electron chi connectivity index (χ1n) is 6.59. The number of carbonyl (C=O) groups excluding carboxylic acids is 2. The Balaban J connectivity index is 3.59. The first-order chi connectivity index (χ1) is 10.6. The molecule has 0 amide bonds. The molecule has 0 fully saturated rings. The van der Waals surface area contributed by atoms with Crippen LogP contribution >= 0.6 is 0 Å². The molecule has 0 aromatic heterocycles. The van der Waals surface area contributed by atoms with E-state index in [0.29, 0.717) is 0 Å². The minimum atomic E-state index is -1.30. The summed E-state index contributed by atoms with van der Waals surface area (Å²) in [6.07, 6.45) is 1.18. The van der Waals surface area contributed by atoms with E-state index < -0.39 is 30.0 Å². The number of hydrogen-bond donors (Lipinski definition) is 2. The van der Waals surface area contributed by atoms with Gasteiger partial charge in [-0.05, 0) is 32.9 Å². The van der Waals surface area contributed by atoms with Gasteiger partial charge in [-0.3, -0.25) is 0 Å². The van der Waals surface area contributed by atoms with Crippen LogP contribution in [0.2, 0.25) is 0 Å². The average Bonchev–Trinajstić information content (AvgIpc) is 2.46. The number of carboxylic acids is 2. The van der Waals surface area contributed by atoms with Crippen LogP contribution in [0.25, 0.3) is 0 Å². The van der Waals surface area contributed by atoms with Crippen molar-refractivity contribution in [3.05, 3.63) is 34.4 Å². The minimum absolute atomic E-state index is 0.192. The summed E-state index contributed by atoms with van der Waals surface area (Å²) < 4.78 is 9.94. The third-order valence-corrected chi connectivity index (χ3v) is 2.88. The quantitative estimate of drug-likeness (QED) is 0.575. The van der Waals surface area contributed by atoms with Gasteiger partial charge in [-0.1, -0.05) is 0 Å². The summed E-state index contributed by atoms with van der Waals surface area (Å²) in [5.74, 6) is -4.46. The fourth-order valence-corrected chi connectivity index (χ4v) is 1.60. The van der Waals surface area contributed by atoms with E-state index in [2.05, 4.69) is 0 Å². The Hall–Kier alpha value is -2.90. The molecular weight excluding hydrogens is 308 g/mol. The van der Waals surface area contributed by atoms with E-state index in [-0.39, 0.29) is 28.9 Å². The van der Waals surface area contributed by atoms with Crippen molar-refractivity contribution in [2.75, 3.05) is 6.61 Å². The molecule has 23 heavy (non-hydrogen) atoms. The van der Waals surface area contributed by atoms with Crippen LogP contribution in [-0.2, 0) is 28.7 Å². The second-order valence-corrected chi connectivity index (χ2v) is 4.91. The molecule has 1 heterocycles. The van der Waals surface area contributed by atoms with Gasteiger partial charge in [0.2, 0.25) is 0 Å². The second-order valence-electron chi connectivity index (χ2n) is 4.91. The number of carboxylic acid groups (broad SMARTS) is 2. The van der Waals surface area contributed by atoms with Crippen molar-refractivity contribution in [2.24, 2.45) is 0 Å². The van der Waals surface area contributed by atoms with Crippen LogP contribution in [0.3, 0.4) is 0 Å². The number of aliphatic carboxylic acids is 2. The minimum Gasteiger partial charge on any atom is -0.478 e. The Morgan fingerprint density at radius 3 is 1.87 bits per heavy atom. The Kier molecular flexibility index (Phi) is 5.83. The maximum absolute atomic E-state index is 12.1. The fraction of sp³-hybridized carbons (Fsp3) is 0.333. The Morgan fingerprint density at radius 1 is 1.00 bits per heavy atom. The van der Waals surface area contributed by atoms with Crippen molar-refractivity contribution in [3.63, 3.8) is 0 Å². The maximum atomic E-state index is 12.1. The molecule has 1 atom stereocenters. The van der Waals surface area contributed by atoms with E-state index >= 15 is 0 Å². The normalized spacial score (nSPS) is 23.5. The summed E-state index contributed by atoms with van der Waals surface area (Å²) in [6.45, 7) is 3.76. The lowest BCUT2D eigenvalue weighted by Gasteiger charge is -2.19. The standard InChI is InChI=1S/C15H16O8/c1-7(12(16)17)4-10-11(5-8(2)13(18)19)15(21)23-9(3)6-22-14(10)20/h4-5,9H,6H2,1-3H3,(H,16,17)(H,18,19)/b7-4?,8-5?,11-10+. The summed E-state index contributed by atoms with van der Waals surface area (Å²) in [4.78, 5) is 46.1. The molecule has 0 bridgehead atoms. The van der Waals surface area contributed by atoms with Crippen LogP contribution in [-0.4, -0.2) is 46.8 Å². The zero-order valence-corrected chi connectivity index (χ0v) is 12.8. The highest BCUT2D eigenvalue weighted by molar-refractivity contribution is 6.06. The van der Waals surface area contributed by atoms with E-state index in [1.807, 2.05) is 0 Å². The van der Waals surface area contributed by atoms with Gasteiger partial charge < -0.3 is 19.7 Å². The van der Waals surface area contributed by atoms with Crippen molar-refractivity contribution in [1.29, 1.82) is 0 Å². The molecule has 0 aromatic rings. The third-order valence-electron chi connectivity index (χ3n) is 2.88. The third kappa shape index (κ3) is 4.80. The van der Waals surface area contributed by atoms with Crippen LogP contribution in [0.4, 0.5) is 0 Å². The Labute approximate surface area is 131 Å². The molecule has 1 rings (SSSR count). The van der Waals surface area contributed by atoms with Crippen molar-refractivity contribution in [3.8, 4) is 0 Å². The summed E-state index contributed by atoms with van der Waals surface area (Å²) in [7, 11) is 0. The lowest BCUT2D eigenvalue weighted by atomic mass is 10.0. The molecule has 1 aliphatic rings. The predicted molar refractivity (Wildman–Crippen MR) is 76.3 cm³/mol. The van der Waals surface area contributed by atoms with E-state index in [9.17, 15) is 19.2 Å². The Bertz CT molecular complexity index is 650. The van der Waals surface area contributed by atoms with Gasteiger partial charge in [0.1, 0.15) is 12.7 Å². The van der Waals surface area contributed by atoms with E-state index in [4.69, 9.17) is 19.7 Å². The van der Waals surface area contributed by atoms with Gasteiger partial charge in [-0.25, -0.2) is 19.2 Å². The summed E-state index contributed by atoms with van der Waals surface area (Å²) in [5.41, 5.74) is -1.20. The van der Waals surface area contributed by atoms with Gasteiger partial charge in [-0.2, -0.15) is 0 Å². The number of carbonyl (C=O) groups is 4. The molecule has 0 spiro atoms. The maximum Gasteiger partial charge on any atom is 0.339 e. The van der Waals surface area contributed by atoms with E-state index in [1.54, 1.807) is 0 Å². The molecule has 1 unspecified atom stereocenters. The van der Waals surface area contributed by atoms with Crippen LogP contribution < -0.4 is 0 Å². The van der Waals surface area contributed by atoms with Crippen molar-refractivity contribution >= 4 is 23.9 Å². The summed E-state index contributed by atoms with van der Waals surface area (Å²) in [6, 6.07) is 0. The van der Waals surface area contributed by atoms with Crippen LogP contribution in [0, 0.1) is 0 Å². The second kappa shape index (κ2) is 7.39. The number of rotatable bonds is 4. The summed E-state index contributed by atoms with van der Waals surface area (Å²) in [5, 5.41) is 17.9.